The maximum atomic E-state index is 12.4. The van der Waals surface area contributed by atoms with Gasteiger partial charge in [-0.25, -0.2) is 0 Å². The summed E-state index contributed by atoms with van der Waals surface area (Å²) in [5, 5.41) is 10.2. The van der Waals surface area contributed by atoms with Crippen molar-refractivity contribution in [1.82, 2.24) is 4.90 Å². The van der Waals surface area contributed by atoms with Crippen LogP contribution in [0.1, 0.15) is 45.4 Å². The molecule has 1 aliphatic carbocycles. The van der Waals surface area contributed by atoms with Crippen LogP contribution >= 0.6 is 0 Å². The van der Waals surface area contributed by atoms with Gasteiger partial charge in [0.05, 0.1) is 12.5 Å². The van der Waals surface area contributed by atoms with E-state index in [1.54, 1.807) is 0 Å². The maximum absolute atomic E-state index is 12.4. The largest absolute Gasteiger partial charge is 0.392 e. The van der Waals surface area contributed by atoms with Crippen LogP contribution in [0.15, 0.2) is 0 Å². The summed E-state index contributed by atoms with van der Waals surface area (Å²) in [5.74, 6) is -1.47. The lowest BCUT2D eigenvalue weighted by Gasteiger charge is -2.44. The number of aliphatic hydroxyl groups is 1. The molecule has 0 bridgehead atoms. The van der Waals surface area contributed by atoms with Crippen molar-refractivity contribution in [3.8, 4) is 0 Å². The molecule has 2 rings (SSSR count). The van der Waals surface area contributed by atoms with E-state index >= 15 is 0 Å². The van der Waals surface area contributed by atoms with Crippen molar-refractivity contribution in [2.45, 2.75) is 57.7 Å². The molecule has 2 aliphatic rings. The molecule has 1 N–H and O–H groups in total. The van der Waals surface area contributed by atoms with Crippen molar-refractivity contribution in [1.29, 1.82) is 0 Å². The van der Waals surface area contributed by atoms with Gasteiger partial charge in [-0.05, 0) is 19.3 Å². The van der Waals surface area contributed by atoms with Crippen molar-refractivity contribution in [3.05, 3.63) is 0 Å². The summed E-state index contributed by atoms with van der Waals surface area (Å²) in [6.45, 7) is 2.11. The molecule has 1 aliphatic heterocycles. The molecular formula is C14H22F3NO2. The van der Waals surface area contributed by atoms with Gasteiger partial charge in [-0.2, -0.15) is 13.2 Å². The molecule has 1 saturated heterocycles. The van der Waals surface area contributed by atoms with Crippen molar-refractivity contribution < 1.29 is 23.1 Å². The smallest absolute Gasteiger partial charge is 0.389 e. The summed E-state index contributed by atoms with van der Waals surface area (Å²) in [7, 11) is 0. The number of aliphatic hydroxyl groups excluding tert-OH is 1. The third-order valence-electron chi connectivity index (χ3n) is 4.76. The molecular weight excluding hydrogens is 271 g/mol. The fourth-order valence-corrected chi connectivity index (χ4v) is 3.65. The van der Waals surface area contributed by atoms with Crippen molar-refractivity contribution in [2.24, 2.45) is 11.3 Å². The number of hydrogen-bond acceptors (Lipinski definition) is 2. The number of amides is 1. The van der Waals surface area contributed by atoms with Crippen LogP contribution < -0.4 is 0 Å². The highest BCUT2D eigenvalue weighted by Gasteiger charge is 2.46. The maximum Gasteiger partial charge on any atom is 0.389 e. The van der Waals surface area contributed by atoms with Gasteiger partial charge in [-0.15, -0.1) is 0 Å². The number of likely N-dealkylation sites (tertiary alicyclic amines) is 1. The van der Waals surface area contributed by atoms with Gasteiger partial charge in [0, 0.05) is 24.4 Å². The number of hydrogen-bond donors (Lipinski definition) is 1. The van der Waals surface area contributed by atoms with E-state index in [4.69, 9.17) is 0 Å². The zero-order valence-corrected chi connectivity index (χ0v) is 11.7. The SMILES string of the molecule is C[C@H](CC(F)(F)F)C(=O)N1CCC(O)C2(CCCC2)C1. The monoisotopic (exact) mass is 293 g/mol. The Bertz CT molecular complexity index is 364. The van der Waals surface area contributed by atoms with Crippen molar-refractivity contribution in [3.63, 3.8) is 0 Å². The molecule has 6 heteroatoms. The van der Waals surface area contributed by atoms with Crippen LogP contribution in [0.3, 0.4) is 0 Å². The van der Waals surface area contributed by atoms with Gasteiger partial charge in [-0.1, -0.05) is 19.8 Å². The Labute approximate surface area is 117 Å². The minimum atomic E-state index is -4.31. The first-order valence-electron chi connectivity index (χ1n) is 7.27. The number of rotatable bonds is 2. The van der Waals surface area contributed by atoms with E-state index in [0.717, 1.165) is 25.7 Å². The normalized spacial score (nSPS) is 27.9. The summed E-state index contributed by atoms with van der Waals surface area (Å²) < 4.78 is 37.1. The minimum Gasteiger partial charge on any atom is -0.392 e. The van der Waals surface area contributed by atoms with Gasteiger partial charge in [0.15, 0.2) is 0 Å². The Morgan fingerprint density at radius 2 is 2.00 bits per heavy atom. The van der Waals surface area contributed by atoms with Crippen LogP contribution in [0.4, 0.5) is 13.2 Å². The Kier molecular flexibility index (Phi) is 4.33. The van der Waals surface area contributed by atoms with E-state index in [1.165, 1.54) is 11.8 Å². The number of piperidine rings is 1. The lowest BCUT2D eigenvalue weighted by atomic mass is 9.75. The summed E-state index contributed by atoms with van der Waals surface area (Å²) in [6, 6.07) is 0. The topological polar surface area (TPSA) is 40.5 Å². The number of alkyl halides is 3. The van der Waals surface area contributed by atoms with E-state index in [0.29, 0.717) is 19.5 Å². The standard InChI is InChI=1S/C14H22F3NO2/c1-10(8-14(15,16)17)12(20)18-7-4-11(19)13(9-18)5-2-3-6-13/h10-11,19H,2-9H2,1H3/t10-,11?/m1/s1. The van der Waals surface area contributed by atoms with Gasteiger partial charge in [0.1, 0.15) is 0 Å². The highest BCUT2D eigenvalue weighted by Crippen LogP contribution is 2.45. The molecule has 20 heavy (non-hydrogen) atoms. The highest BCUT2D eigenvalue weighted by molar-refractivity contribution is 5.78. The first-order chi connectivity index (χ1) is 9.23. The molecule has 116 valence electrons. The van der Waals surface area contributed by atoms with Crippen molar-refractivity contribution >= 4 is 5.91 Å². The van der Waals surface area contributed by atoms with Crippen LogP contribution in [0.25, 0.3) is 0 Å². The number of halogens is 3. The van der Waals surface area contributed by atoms with Gasteiger partial charge < -0.3 is 10.0 Å². The van der Waals surface area contributed by atoms with Crippen molar-refractivity contribution in [2.75, 3.05) is 13.1 Å². The summed E-state index contributed by atoms with van der Waals surface area (Å²) in [4.78, 5) is 13.7. The second-order valence-corrected chi connectivity index (χ2v) is 6.35. The molecule has 0 aromatic rings. The van der Waals surface area contributed by atoms with Crippen LogP contribution in [0.2, 0.25) is 0 Å². The van der Waals surface area contributed by atoms with E-state index < -0.39 is 30.5 Å². The molecule has 3 nitrogen and oxygen atoms in total. The lowest BCUT2D eigenvalue weighted by Crippen LogP contribution is -2.53. The zero-order chi connectivity index (χ0) is 15.0. The van der Waals surface area contributed by atoms with Gasteiger partial charge >= 0.3 is 6.18 Å². The Balaban J connectivity index is 2.00. The van der Waals surface area contributed by atoms with E-state index in [9.17, 15) is 23.1 Å². The van der Waals surface area contributed by atoms with Gasteiger partial charge in [0.25, 0.3) is 0 Å². The second kappa shape index (κ2) is 5.54. The molecule has 2 atom stereocenters. The third-order valence-corrected chi connectivity index (χ3v) is 4.76. The molecule has 1 heterocycles. The first-order valence-corrected chi connectivity index (χ1v) is 7.27. The average molecular weight is 293 g/mol. The van der Waals surface area contributed by atoms with E-state index in [1.807, 2.05) is 0 Å². The summed E-state index contributed by atoms with van der Waals surface area (Å²) in [5.41, 5.74) is -0.272. The fourth-order valence-electron chi connectivity index (χ4n) is 3.65. The lowest BCUT2D eigenvalue weighted by molar-refractivity contribution is -0.162. The van der Waals surface area contributed by atoms with Crippen LogP contribution in [-0.4, -0.2) is 41.3 Å². The highest BCUT2D eigenvalue weighted by atomic mass is 19.4. The quantitative estimate of drug-likeness (QED) is 0.850. The predicted octanol–water partition coefficient (Wildman–Crippen LogP) is 2.73. The number of carbonyl (C=O) groups excluding carboxylic acids is 1. The van der Waals surface area contributed by atoms with Crippen LogP contribution in [0.5, 0.6) is 0 Å². The van der Waals surface area contributed by atoms with Crippen LogP contribution in [-0.2, 0) is 4.79 Å². The van der Waals surface area contributed by atoms with Gasteiger partial charge in [0.2, 0.25) is 5.91 Å². The Morgan fingerprint density at radius 3 is 2.55 bits per heavy atom. The predicted molar refractivity (Wildman–Crippen MR) is 67.9 cm³/mol. The Morgan fingerprint density at radius 1 is 1.40 bits per heavy atom. The Hall–Kier alpha value is -0.780. The second-order valence-electron chi connectivity index (χ2n) is 6.35. The average Bonchev–Trinajstić information content (AvgIpc) is 2.79. The van der Waals surface area contributed by atoms with E-state index in [2.05, 4.69) is 0 Å². The molecule has 1 unspecified atom stereocenters. The summed E-state index contributed by atoms with van der Waals surface area (Å²) in [6.07, 6.45) is -1.55. The minimum absolute atomic E-state index is 0.272. The molecule has 2 fully saturated rings. The third kappa shape index (κ3) is 3.27. The van der Waals surface area contributed by atoms with Crippen LogP contribution in [0, 0.1) is 11.3 Å². The molecule has 0 aromatic carbocycles. The van der Waals surface area contributed by atoms with Gasteiger partial charge in [-0.3, -0.25) is 4.79 Å². The molecule has 1 saturated carbocycles. The molecule has 0 aromatic heterocycles. The number of carbonyl (C=O) groups is 1. The fraction of sp³-hybridized carbons (Fsp3) is 0.929. The van der Waals surface area contributed by atoms with E-state index in [-0.39, 0.29) is 5.41 Å². The number of nitrogens with zero attached hydrogens (tertiary/aromatic N) is 1. The molecule has 1 amide bonds. The molecule has 1 spiro atoms. The zero-order valence-electron chi connectivity index (χ0n) is 11.7. The first kappa shape index (κ1) is 15.6. The summed E-state index contributed by atoms with van der Waals surface area (Å²) >= 11 is 0. The molecule has 0 radical (unpaired) electrons.